The minimum Gasteiger partial charge on any atom is -0.370 e. The Labute approximate surface area is 156 Å². The first-order valence-electron chi connectivity index (χ1n) is 8.76. The van der Waals surface area contributed by atoms with Crippen molar-refractivity contribution in [1.29, 1.82) is 0 Å². The number of aryl methyl sites for hydroxylation is 1. The summed E-state index contributed by atoms with van der Waals surface area (Å²) in [6, 6.07) is 0. The number of nitrogens with one attached hydrogen (secondary N) is 1. The predicted molar refractivity (Wildman–Crippen MR) is 105 cm³/mol. The molecule has 0 spiro atoms. The number of aromatic nitrogens is 3. The van der Waals surface area contributed by atoms with Gasteiger partial charge in [-0.15, -0.1) is 34.2 Å². The van der Waals surface area contributed by atoms with Crippen LogP contribution in [0.15, 0.2) is 4.99 Å². The maximum Gasteiger partial charge on any atom is 0.189 e. The fraction of sp³-hybridized carbons (Fsp3) is 0.812. The standard InChI is InChI=1S/C16H30N6.HI/c1-2-3-4-5-6-8-11-18-16(17)19-13-15-21-20-14-10-7-9-12-22(14)15;/h2-13H2,1H3,(H3,17,18,19);1H. The molecule has 0 saturated heterocycles. The zero-order valence-electron chi connectivity index (χ0n) is 14.3. The number of nitrogens with zero attached hydrogens (tertiary/aromatic N) is 4. The third kappa shape index (κ3) is 7.05. The lowest BCUT2D eigenvalue weighted by Crippen LogP contribution is -2.32. The van der Waals surface area contributed by atoms with Crippen LogP contribution in [0.5, 0.6) is 0 Å². The molecule has 3 N–H and O–H groups in total. The van der Waals surface area contributed by atoms with Crippen molar-refractivity contribution in [2.24, 2.45) is 10.7 Å². The molecule has 1 aromatic rings. The van der Waals surface area contributed by atoms with Gasteiger partial charge in [0.05, 0.1) is 0 Å². The van der Waals surface area contributed by atoms with E-state index in [1.807, 2.05) is 0 Å². The number of aliphatic imine (C=N–C) groups is 1. The summed E-state index contributed by atoms with van der Waals surface area (Å²) < 4.78 is 2.19. The van der Waals surface area contributed by atoms with Crippen molar-refractivity contribution >= 4 is 29.9 Å². The summed E-state index contributed by atoms with van der Waals surface area (Å²) in [6.45, 7) is 4.67. The zero-order valence-corrected chi connectivity index (χ0v) is 16.6. The molecule has 6 nitrogen and oxygen atoms in total. The highest BCUT2D eigenvalue weighted by atomic mass is 127. The van der Waals surface area contributed by atoms with E-state index in [4.69, 9.17) is 5.73 Å². The maximum absolute atomic E-state index is 5.91. The molecule has 7 heteroatoms. The number of unbranched alkanes of at least 4 members (excludes halogenated alkanes) is 5. The van der Waals surface area contributed by atoms with Crippen molar-refractivity contribution in [2.75, 3.05) is 6.54 Å². The molecular formula is C16H31IN6. The van der Waals surface area contributed by atoms with Gasteiger partial charge in [-0.2, -0.15) is 0 Å². The zero-order chi connectivity index (χ0) is 15.6. The van der Waals surface area contributed by atoms with Gasteiger partial charge in [0, 0.05) is 19.5 Å². The summed E-state index contributed by atoms with van der Waals surface area (Å²) in [5, 5.41) is 11.6. The van der Waals surface area contributed by atoms with Crippen LogP contribution in [0, 0.1) is 0 Å². The van der Waals surface area contributed by atoms with Crippen molar-refractivity contribution in [1.82, 2.24) is 20.1 Å². The van der Waals surface area contributed by atoms with Gasteiger partial charge in [-0.05, 0) is 19.3 Å². The van der Waals surface area contributed by atoms with Crippen molar-refractivity contribution in [3.05, 3.63) is 11.6 Å². The molecule has 23 heavy (non-hydrogen) atoms. The fourth-order valence-corrected chi connectivity index (χ4v) is 2.82. The number of halogens is 1. The molecule has 1 aliphatic heterocycles. The largest absolute Gasteiger partial charge is 0.370 e. The van der Waals surface area contributed by atoms with E-state index < -0.39 is 0 Å². The Bertz CT molecular complexity index is 471. The lowest BCUT2D eigenvalue weighted by atomic mass is 10.1. The molecule has 0 aliphatic carbocycles. The van der Waals surface area contributed by atoms with Crippen molar-refractivity contribution < 1.29 is 0 Å². The smallest absolute Gasteiger partial charge is 0.189 e. The number of guanidine groups is 1. The minimum absolute atomic E-state index is 0. The van der Waals surface area contributed by atoms with Crippen molar-refractivity contribution in [3.63, 3.8) is 0 Å². The Kier molecular flexibility index (Phi) is 10.2. The number of fused-ring (bicyclic) bond motifs is 1. The van der Waals surface area contributed by atoms with Crippen LogP contribution >= 0.6 is 24.0 Å². The van der Waals surface area contributed by atoms with Gasteiger partial charge >= 0.3 is 0 Å². The van der Waals surface area contributed by atoms with Gasteiger partial charge in [0.1, 0.15) is 12.4 Å². The third-order valence-corrected chi connectivity index (χ3v) is 4.16. The van der Waals surface area contributed by atoms with E-state index >= 15 is 0 Å². The second-order valence-corrected chi connectivity index (χ2v) is 6.04. The quantitative estimate of drug-likeness (QED) is 0.271. The number of hydrogen-bond donors (Lipinski definition) is 2. The van der Waals surface area contributed by atoms with Gasteiger partial charge in [-0.25, -0.2) is 4.99 Å². The average Bonchev–Trinajstić information content (AvgIpc) is 2.95. The number of hydrogen-bond acceptors (Lipinski definition) is 3. The molecular weight excluding hydrogens is 403 g/mol. The molecule has 1 aromatic heterocycles. The summed E-state index contributed by atoms with van der Waals surface area (Å²) in [4.78, 5) is 4.38. The number of nitrogens with two attached hydrogens (primary N) is 1. The SMILES string of the molecule is CCCCCCCCNC(N)=NCc1nnc2n1CCCC2.I. The van der Waals surface area contributed by atoms with Crippen LogP contribution in [0.1, 0.15) is 69.9 Å². The molecule has 0 amide bonds. The van der Waals surface area contributed by atoms with Gasteiger partial charge in [0.15, 0.2) is 11.8 Å². The lowest BCUT2D eigenvalue weighted by Gasteiger charge is -2.14. The van der Waals surface area contributed by atoms with Gasteiger partial charge < -0.3 is 15.6 Å². The summed E-state index contributed by atoms with van der Waals surface area (Å²) in [6.07, 6.45) is 11.2. The Hall–Kier alpha value is -0.860. The van der Waals surface area contributed by atoms with Gasteiger partial charge in [-0.3, -0.25) is 0 Å². The maximum atomic E-state index is 5.91. The lowest BCUT2D eigenvalue weighted by molar-refractivity contribution is 0.508. The monoisotopic (exact) mass is 434 g/mol. The van der Waals surface area contributed by atoms with Crippen LogP contribution in [0.3, 0.4) is 0 Å². The van der Waals surface area contributed by atoms with Gasteiger partial charge in [0.25, 0.3) is 0 Å². The number of rotatable bonds is 9. The molecule has 0 bridgehead atoms. The molecule has 0 radical (unpaired) electrons. The molecule has 2 rings (SSSR count). The van der Waals surface area contributed by atoms with E-state index in [1.165, 1.54) is 44.9 Å². The van der Waals surface area contributed by atoms with E-state index in [9.17, 15) is 0 Å². The van der Waals surface area contributed by atoms with Gasteiger partial charge in [-0.1, -0.05) is 39.0 Å². The summed E-state index contributed by atoms with van der Waals surface area (Å²) in [5.74, 6) is 2.54. The first-order chi connectivity index (χ1) is 10.8. The summed E-state index contributed by atoms with van der Waals surface area (Å²) in [7, 11) is 0. The first-order valence-corrected chi connectivity index (χ1v) is 8.76. The fourth-order valence-electron chi connectivity index (χ4n) is 2.82. The highest BCUT2D eigenvalue weighted by molar-refractivity contribution is 14.0. The van der Waals surface area contributed by atoms with Crippen molar-refractivity contribution in [3.8, 4) is 0 Å². The average molecular weight is 434 g/mol. The van der Waals surface area contributed by atoms with Crippen LogP contribution in [0.2, 0.25) is 0 Å². The Morgan fingerprint density at radius 1 is 1.17 bits per heavy atom. The first kappa shape index (κ1) is 20.2. The third-order valence-electron chi connectivity index (χ3n) is 4.16. The molecule has 0 saturated carbocycles. The molecule has 0 atom stereocenters. The molecule has 0 aromatic carbocycles. The second kappa shape index (κ2) is 11.6. The molecule has 0 fully saturated rings. The van der Waals surface area contributed by atoms with Gasteiger partial charge in [0.2, 0.25) is 0 Å². The molecule has 132 valence electrons. The predicted octanol–water partition coefficient (Wildman–Crippen LogP) is 3.00. The molecule has 2 heterocycles. The van der Waals surface area contributed by atoms with E-state index in [-0.39, 0.29) is 24.0 Å². The van der Waals surface area contributed by atoms with E-state index in [0.29, 0.717) is 12.5 Å². The van der Waals surface area contributed by atoms with Crippen molar-refractivity contribution in [2.45, 2.75) is 77.8 Å². The minimum atomic E-state index is 0. The normalized spacial score (nSPS) is 14.2. The van der Waals surface area contributed by atoms with Crippen LogP contribution in [0.25, 0.3) is 0 Å². The molecule has 0 unspecified atom stereocenters. The van der Waals surface area contributed by atoms with Crippen LogP contribution in [-0.4, -0.2) is 27.3 Å². The highest BCUT2D eigenvalue weighted by Gasteiger charge is 2.14. The van der Waals surface area contributed by atoms with E-state index in [1.54, 1.807) is 0 Å². The topological polar surface area (TPSA) is 81.1 Å². The molecule has 1 aliphatic rings. The Morgan fingerprint density at radius 2 is 1.96 bits per heavy atom. The van der Waals surface area contributed by atoms with Crippen LogP contribution < -0.4 is 11.1 Å². The Balaban J connectivity index is 0.00000264. The van der Waals surface area contributed by atoms with E-state index in [0.717, 1.165) is 37.6 Å². The highest BCUT2D eigenvalue weighted by Crippen LogP contribution is 2.14. The second-order valence-electron chi connectivity index (χ2n) is 6.04. The summed E-state index contributed by atoms with van der Waals surface area (Å²) >= 11 is 0. The Morgan fingerprint density at radius 3 is 2.78 bits per heavy atom. The van der Waals surface area contributed by atoms with Crippen LogP contribution in [-0.2, 0) is 19.5 Å². The van der Waals surface area contributed by atoms with E-state index in [2.05, 4.69) is 32.0 Å². The summed E-state index contributed by atoms with van der Waals surface area (Å²) in [5.41, 5.74) is 5.91. The van der Waals surface area contributed by atoms with Crippen LogP contribution in [0.4, 0.5) is 0 Å².